The molecule has 2 rings (SSSR count). The zero-order valence-electron chi connectivity index (χ0n) is 19.4. The van der Waals surface area contributed by atoms with Gasteiger partial charge in [-0.05, 0) is 100 Å². The van der Waals surface area contributed by atoms with E-state index in [-0.39, 0.29) is 0 Å². The average Bonchev–Trinajstić information content (AvgIpc) is 2.77. The molecule has 0 saturated heterocycles. The molecule has 0 heterocycles. The van der Waals surface area contributed by atoms with Crippen molar-refractivity contribution in [3.05, 3.63) is 65.2 Å². The van der Waals surface area contributed by atoms with Crippen LogP contribution in [0.25, 0.3) is 0 Å². The van der Waals surface area contributed by atoms with Crippen LogP contribution in [0.15, 0.2) is 53.4 Å². The van der Waals surface area contributed by atoms with E-state index in [1.807, 2.05) is 18.8 Å². The summed E-state index contributed by atoms with van der Waals surface area (Å²) in [6, 6.07) is 18.6. The van der Waals surface area contributed by atoms with Crippen molar-refractivity contribution in [3.8, 4) is 0 Å². The Morgan fingerprint density at radius 1 is 0.867 bits per heavy atom. The molecule has 0 saturated carbocycles. The first kappa shape index (κ1) is 25.0. The van der Waals surface area contributed by atoms with Crippen LogP contribution in [0.4, 0.5) is 0 Å². The Labute approximate surface area is 189 Å². The zero-order chi connectivity index (χ0) is 21.4. The van der Waals surface area contributed by atoms with Gasteiger partial charge in [-0.2, -0.15) is 0 Å². The maximum Gasteiger partial charge on any atom is 0.0320 e. The summed E-state index contributed by atoms with van der Waals surface area (Å²) in [4.78, 5) is 1.40. The Hall–Kier alpha value is -1.29. The van der Waals surface area contributed by atoms with E-state index in [9.17, 15) is 0 Å². The molecule has 0 aliphatic rings. The monoisotopic (exact) mass is 426 g/mol. The van der Waals surface area contributed by atoms with Crippen molar-refractivity contribution in [3.63, 3.8) is 0 Å². The fourth-order valence-electron chi connectivity index (χ4n) is 3.79. The Bertz CT molecular complexity index is 684. The van der Waals surface area contributed by atoms with Crippen molar-refractivity contribution in [2.75, 3.05) is 25.9 Å². The van der Waals surface area contributed by atoms with Crippen LogP contribution < -0.4 is 10.6 Å². The lowest BCUT2D eigenvalue weighted by Crippen LogP contribution is -2.23. The van der Waals surface area contributed by atoms with Crippen LogP contribution in [0.5, 0.6) is 0 Å². The minimum absolute atomic E-state index is 0.493. The molecule has 1 atom stereocenters. The van der Waals surface area contributed by atoms with E-state index in [1.54, 1.807) is 0 Å². The third kappa shape index (κ3) is 9.68. The van der Waals surface area contributed by atoms with Gasteiger partial charge >= 0.3 is 0 Å². The summed E-state index contributed by atoms with van der Waals surface area (Å²) in [5.41, 5.74) is 4.37. The molecule has 0 radical (unpaired) electrons. The highest BCUT2D eigenvalue weighted by molar-refractivity contribution is 7.99. The van der Waals surface area contributed by atoms with Crippen LogP contribution in [-0.4, -0.2) is 25.9 Å². The maximum atomic E-state index is 3.79. The third-order valence-corrected chi connectivity index (χ3v) is 6.84. The first-order valence-electron chi connectivity index (χ1n) is 11.9. The molecule has 2 nitrogen and oxygen atoms in total. The van der Waals surface area contributed by atoms with Gasteiger partial charge in [-0.3, -0.25) is 0 Å². The van der Waals surface area contributed by atoms with E-state index in [2.05, 4.69) is 73.0 Å². The van der Waals surface area contributed by atoms with Gasteiger partial charge in [0, 0.05) is 10.9 Å². The summed E-state index contributed by atoms with van der Waals surface area (Å²) in [6.45, 7) is 6.71. The summed E-state index contributed by atoms with van der Waals surface area (Å²) in [5, 5.41) is 7.03. The van der Waals surface area contributed by atoms with Crippen LogP contribution in [-0.2, 0) is 6.42 Å². The standard InChI is InChI=1S/C27H42N2S/c1-4-5-15-27(29-21-10-9-20-28-3)25-16-18-26(19-17-25)30-22-11-8-14-24-13-7-6-12-23(24)2/h6-7,12-13,16-19,27-29H,4-5,8-11,14-15,20-22H2,1-3H3. The molecule has 0 fully saturated rings. The van der Waals surface area contributed by atoms with Crippen LogP contribution in [0.1, 0.15) is 74.6 Å². The molecule has 2 aromatic rings. The van der Waals surface area contributed by atoms with Gasteiger partial charge in [0.2, 0.25) is 0 Å². The van der Waals surface area contributed by atoms with Gasteiger partial charge in [0.1, 0.15) is 0 Å². The number of aryl methyl sites for hydroxylation is 2. The maximum absolute atomic E-state index is 3.79. The lowest BCUT2D eigenvalue weighted by atomic mass is 10.0. The van der Waals surface area contributed by atoms with E-state index in [1.165, 1.54) is 78.7 Å². The highest BCUT2D eigenvalue weighted by Gasteiger charge is 2.10. The minimum Gasteiger partial charge on any atom is -0.320 e. The molecule has 0 bridgehead atoms. The highest BCUT2D eigenvalue weighted by Crippen LogP contribution is 2.25. The Morgan fingerprint density at radius 3 is 2.37 bits per heavy atom. The second-order valence-electron chi connectivity index (χ2n) is 8.26. The van der Waals surface area contributed by atoms with Gasteiger partial charge in [-0.15, -0.1) is 11.8 Å². The normalized spacial score (nSPS) is 12.2. The SMILES string of the molecule is CCCCC(NCCCCNC)c1ccc(SCCCCc2ccccc2C)cc1. The van der Waals surface area contributed by atoms with E-state index in [0.29, 0.717) is 6.04 Å². The first-order chi connectivity index (χ1) is 14.7. The smallest absolute Gasteiger partial charge is 0.0320 e. The second-order valence-corrected chi connectivity index (χ2v) is 9.43. The van der Waals surface area contributed by atoms with Crippen molar-refractivity contribution >= 4 is 11.8 Å². The van der Waals surface area contributed by atoms with E-state index in [4.69, 9.17) is 0 Å². The summed E-state index contributed by atoms with van der Waals surface area (Å²) in [5.74, 6) is 1.20. The number of thioether (sulfide) groups is 1. The predicted molar refractivity (Wildman–Crippen MR) is 135 cm³/mol. The van der Waals surface area contributed by atoms with E-state index < -0.39 is 0 Å². The number of hydrogen-bond acceptors (Lipinski definition) is 3. The first-order valence-corrected chi connectivity index (χ1v) is 12.9. The lowest BCUT2D eigenvalue weighted by Gasteiger charge is -2.19. The number of nitrogens with one attached hydrogen (secondary N) is 2. The number of hydrogen-bond donors (Lipinski definition) is 2. The molecule has 3 heteroatoms. The minimum atomic E-state index is 0.493. The predicted octanol–water partition coefficient (Wildman–Crippen LogP) is 6.93. The molecule has 30 heavy (non-hydrogen) atoms. The molecule has 2 aromatic carbocycles. The summed E-state index contributed by atoms with van der Waals surface area (Å²) in [7, 11) is 2.03. The van der Waals surface area contributed by atoms with Crippen molar-refractivity contribution in [2.45, 2.75) is 76.2 Å². The molecule has 0 aliphatic heterocycles. The van der Waals surface area contributed by atoms with Crippen molar-refractivity contribution < 1.29 is 0 Å². The summed E-state index contributed by atoms with van der Waals surface area (Å²) >= 11 is 2.00. The molecule has 2 N–H and O–H groups in total. The average molecular weight is 427 g/mol. The fourth-order valence-corrected chi connectivity index (χ4v) is 4.71. The molecular formula is C27H42N2S. The van der Waals surface area contributed by atoms with E-state index in [0.717, 1.165) is 13.1 Å². The largest absolute Gasteiger partial charge is 0.320 e. The van der Waals surface area contributed by atoms with Crippen LogP contribution in [0, 0.1) is 6.92 Å². The number of unbranched alkanes of at least 4 members (excludes halogenated alkanes) is 3. The van der Waals surface area contributed by atoms with Gasteiger partial charge in [-0.25, -0.2) is 0 Å². The van der Waals surface area contributed by atoms with Gasteiger partial charge in [0.25, 0.3) is 0 Å². The topological polar surface area (TPSA) is 24.1 Å². The van der Waals surface area contributed by atoms with Crippen LogP contribution >= 0.6 is 11.8 Å². The van der Waals surface area contributed by atoms with Crippen molar-refractivity contribution in [1.29, 1.82) is 0 Å². The molecular weight excluding hydrogens is 384 g/mol. The quantitative estimate of drug-likeness (QED) is 0.225. The summed E-state index contributed by atoms with van der Waals surface area (Å²) in [6.07, 6.45) is 9.99. The number of benzene rings is 2. The second kappa shape index (κ2) is 15.5. The third-order valence-electron chi connectivity index (χ3n) is 5.74. The van der Waals surface area contributed by atoms with Gasteiger partial charge < -0.3 is 10.6 Å². The van der Waals surface area contributed by atoms with Gasteiger partial charge in [0.15, 0.2) is 0 Å². The molecule has 0 amide bonds. The molecule has 1 unspecified atom stereocenters. The Balaban J connectivity index is 1.73. The summed E-state index contributed by atoms with van der Waals surface area (Å²) < 4.78 is 0. The zero-order valence-corrected chi connectivity index (χ0v) is 20.2. The number of rotatable bonds is 16. The van der Waals surface area contributed by atoms with Crippen LogP contribution in [0.3, 0.4) is 0 Å². The molecule has 166 valence electrons. The molecule has 0 aromatic heterocycles. The fraction of sp³-hybridized carbons (Fsp3) is 0.556. The highest BCUT2D eigenvalue weighted by atomic mass is 32.2. The van der Waals surface area contributed by atoms with E-state index >= 15 is 0 Å². The molecule has 0 spiro atoms. The Kier molecular flexibility index (Phi) is 12.9. The van der Waals surface area contributed by atoms with Gasteiger partial charge in [0.05, 0.1) is 0 Å². The molecule has 0 aliphatic carbocycles. The van der Waals surface area contributed by atoms with Crippen molar-refractivity contribution in [2.24, 2.45) is 0 Å². The van der Waals surface area contributed by atoms with Crippen molar-refractivity contribution in [1.82, 2.24) is 10.6 Å². The van der Waals surface area contributed by atoms with Crippen LogP contribution in [0.2, 0.25) is 0 Å². The van der Waals surface area contributed by atoms with Gasteiger partial charge in [-0.1, -0.05) is 56.2 Å². The lowest BCUT2D eigenvalue weighted by molar-refractivity contribution is 0.469. The Morgan fingerprint density at radius 2 is 1.63 bits per heavy atom.